The molecule has 2 aromatic carbocycles. The van der Waals surface area contributed by atoms with Crippen molar-refractivity contribution >= 4 is 92.7 Å². The van der Waals surface area contributed by atoms with Crippen LogP contribution in [0.3, 0.4) is 0 Å². The number of hydrogen-bond donors (Lipinski definition) is 0. The molecule has 1 saturated heterocycles. The Morgan fingerprint density at radius 1 is 0.467 bits per heavy atom. The van der Waals surface area contributed by atoms with Gasteiger partial charge in [-0.1, -0.05) is 147 Å². The monoisotopic (exact) mass is 1110 g/mol. The van der Waals surface area contributed by atoms with Crippen molar-refractivity contribution in [3.05, 3.63) is 89.9 Å². The maximum Gasteiger partial charge on any atom is 0.329 e. The molecule has 1 fully saturated rings. The SMILES string of the molecule is CC(C)CC1C(=O)OC(Cc2ccc(OCc3ccco3)cc2)C(=S)N(C)C(CC(C)C)C(=O)OC(C)C(=S)N(C)C(CC(C)C)C(=O)OC(Cc2ccccc2)C(=S)N(C)C(CC(C)C)C(=O)OC(C)C(=S)N1C. The molecular formula is C57H80N4O10S4. The fourth-order valence-electron chi connectivity index (χ4n) is 8.79. The van der Waals surface area contributed by atoms with Gasteiger partial charge >= 0.3 is 23.9 Å². The molecular weight excluding hydrogens is 1030 g/mol. The van der Waals surface area contributed by atoms with Gasteiger partial charge in [0.15, 0.2) is 12.2 Å². The van der Waals surface area contributed by atoms with Gasteiger partial charge in [-0.3, -0.25) is 0 Å². The number of furan rings is 1. The molecule has 0 N–H and O–H groups in total. The molecule has 14 nitrogen and oxygen atoms in total. The van der Waals surface area contributed by atoms with Crippen molar-refractivity contribution < 1.29 is 47.3 Å². The first-order valence-electron chi connectivity index (χ1n) is 26.0. The maximum atomic E-state index is 14.8. The molecule has 8 unspecified atom stereocenters. The van der Waals surface area contributed by atoms with E-state index in [4.69, 9.17) is 77.0 Å². The van der Waals surface area contributed by atoms with E-state index in [0.717, 1.165) is 11.1 Å². The first-order valence-corrected chi connectivity index (χ1v) is 27.6. The molecule has 8 atom stereocenters. The van der Waals surface area contributed by atoms with Crippen LogP contribution in [0.25, 0.3) is 0 Å². The van der Waals surface area contributed by atoms with E-state index in [1.807, 2.05) is 116 Å². The average molecular weight is 1110 g/mol. The normalized spacial score (nSPS) is 23.9. The Labute approximate surface area is 467 Å². The highest BCUT2D eigenvalue weighted by atomic mass is 32.1. The standard InChI is InChI=1S/C57H80N4O10S4/c1-34(2)27-44-54(62)68-39(10)51(73)59(12)47(30-37(7)8)57(65)71-49(32-41-22-24-42(25-23-41)67-33-43-21-18-26-66-43)53(75)61(14)45(28-35(3)4)55(63)69-38(9)50(72)58(11)46(29-36(5)6)56(64)70-48(52(74)60(44)13)31-40-19-16-15-17-20-40/h15-26,34-39,44-49H,27-33H2,1-14H3. The van der Waals surface area contributed by atoms with Gasteiger partial charge in [0.2, 0.25) is 0 Å². The summed E-state index contributed by atoms with van der Waals surface area (Å²) in [5.41, 5.74) is 1.63. The Morgan fingerprint density at radius 3 is 1.16 bits per heavy atom. The summed E-state index contributed by atoms with van der Waals surface area (Å²) in [7, 11) is 6.77. The number of esters is 4. The van der Waals surface area contributed by atoms with Crippen molar-refractivity contribution in [2.45, 2.75) is 163 Å². The van der Waals surface area contributed by atoms with E-state index < -0.39 is 72.5 Å². The van der Waals surface area contributed by atoms with Crippen molar-refractivity contribution in [2.24, 2.45) is 23.7 Å². The molecule has 0 saturated carbocycles. The zero-order valence-corrected chi connectivity index (χ0v) is 49.6. The number of hydrogen-bond acceptors (Lipinski definition) is 14. The lowest BCUT2D eigenvalue weighted by molar-refractivity contribution is -0.152. The molecule has 0 radical (unpaired) electrons. The van der Waals surface area contributed by atoms with Gasteiger partial charge < -0.3 is 47.7 Å². The lowest BCUT2D eigenvalue weighted by Gasteiger charge is -2.38. The first kappa shape index (κ1) is 62.5. The van der Waals surface area contributed by atoms with Crippen molar-refractivity contribution in [3.63, 3.8) is 0 Å². The third-order valence-corrected chi connectivity index (χ3v) is 15.4. The molecule has 0 spiro atoms. The zero-order valence-electron chi connectivity index (χ0n) is 46.3. The Bertz CT molecular complexity index is 2370. The van der Waals surface area contributed by atoms with Crippen molar-refractivity contribution in [1.82, 2.24) is 19.6 Å². The number of rotatable bonds is 15. The van der Waals surface area contributed by atoms with Gasteiger partial charge in [0.05, 0.1) is 6.26 Å². The van der Waals surface area contributed by atoms with Crippen molar-refractivity contribution in [3.8, 4) is 5.75 Å². The summed E-state index contributed by atoms with van der Waals surface area (Å²) < 4.78 is 36.7. The fourth-order valence-corrected chi connectivity index (χ4v) is 9.66. The second kappa shape index (κ2) is 29.5. The Hall–Kier alpha value is -5.04. The summed E-state index contributed by atoms with van der Waals surface area (Å²) in [4.78, 5) is 66.0. The highest BCUT2D eigenvalue weighted by molar-refractivity contribution is 7.81. The average Bonchev–Trinajstić information content (AvgIpc) is 3.89. The minimum atomic E-state index is -1.05. The Morgan fingerprint density at radius 2 is 0.813 bits per heavy atom. The van der Waals surface area contributed by atoms with Crippen LogP contribution in [-0.4, -0.2) is 140 Å². The molecule has 2 heterocycles. The Balaban J connectivity index is 1.84. The number of cyclic esters (lactones) is 4. The third-order valence-electron chi connectivity index (χ3n) is 13.0. The molecule has 412 valence electrons. The van der Waals surface area contributed by atoms with E-state index in [9.17, 15) is 19.2 Å². The molecule has 18 heteroatoms. The van der Waals surface area contributed by atoms with Gasteiger partial charge in [-0.25, -0.2) is 19.2 Å². The smallest absolute Gasteiger partial charge is 0.329 e. The summed E-state index contributed by atoms with van der Waals surface area (Å²) in [6, 6.07) is 16.8. The second-order valence-corrected chi connectivity index (χ2v) is 23.0. The molecule has 0 amide bonds. The molecule has 4 rings (SSSR count). The minimum absolute atomic E-state index is 0.000249. The Kier molecular flexibility index (Phi) is 24.6. The van der Waals surface area contributed by atoms with Crippen LogP contribution in [0.1, 0.15) is 112 Å². The van der Waals surface area contributed by atoms with Crippen LogP contribution in [0, 0.1) is 23.7 Å². The van der Waals surface area contributed by atoms with Gasteiger partial charge in [-0.2, -0.15) is 0 Å². The van der Waals surface area contributed by atoms with Crippen LogP contribution in [0.2, 0.25) is 0 Å². The van der Waals surface area contributed by atoms with E-state index >= 15 is 0 Å². The van der Waals surface area contributed by atoms with Gasteiger partial charge in [-0.05, 0) is 98.6 Å². The van der Waals surface area contributed by atoms with Crippen LogP contribution < -0.4 is 4.74 Å². The van der Waals surface area contributed by atoms with Gasteiger partial charge in [0.25, 0.3) is 0 Å². The molecule has 3 aromatic rings. The lowest BCUT2D eigenvalue weighted by atomic mass is 10.00. The fraction of sp³-hybridized carbons (Fsp3) is 0.579. The predicted octanol–water partition coefficient (Wildman–Crippen LogP) is 10.0. The van der Waals surface area contributed by atoms with Gasteiger partial charge in [0.1, 0.15) is 74.4 Å². The van der Waals surface area contributed by atoms with E-state index in [-0.39, 0.29) is 63.1 Å². The molecule has 1 aromatic heterocycles. The number of carbonyl (C=O) groups excluding carboxylic acids is 4. The minimum Gasteiger partial charge on any atom is -0.486 e. The van der Waals surface area contributed by atoms with E-state index in [2.05, 4.69) is 0 Å². The third kappa shape index (κ3) is 18.6. The van der Waals surface area contributed by atoms with E-state index in [0.29, 0.717) is 37.2 Å². The second-order valence-electron chi connectivity index (χ2n) is 21.3. The molecule has 0 bridgehead atoms. The van der Waals surface area contributed by atoms with Crippen molar-refractivity contribution in [1.29, 1.82) is 0 Å². The molecule has 0 aliphatic carbocycles. The summed E-state index contributed by atoms with van der Waals surface area (Å²) in [6.07, 6.45) is -0.699. The number of benzene rings is 2. The van der Waals surface area contributed by atoms with E-state index in [1.54, 1.807) is 74.0 Å². The highest BCUT2D eigenvalue weighted by Gasteiger charge is 2.40. The number of nitrogens with zero attached hydrogens (tertiary/aromatic N) is 4. The largest absolute Gasteiger partial charge is 0.486 e. The van der Waals surface area contributed by atoms with Gasteiger partial charge in [0, 0.05) is 41.0 Å². The van der Waals surface area contributed by atoms with Crippen LogP contribution in [0.4, 0.5) is 0 Å². The zero-order chi connectivity index (χ0) is 55.8. The van der Waals surface area contributed by atoms with Gasteiger partial charge in [-0.15, -0.1) is 0 Å². The van der Waals surface area contributed by atoms with Crippen LogP contribution in [0.5, 0.6) is 5.75 Å². The van der Waals surface area contributed by atoms with Crippen LogP contribution in [-0.2, 0) is 57.6 Å². The number of carbonyl (C=O) groups is 4. The lowest BCUT2D eigenvalue weighted by Crippen LogP contribution is -2.54. The molecule has 75 heavy (non-hydrogen) atoms. The maximum absolute atomic E-state index is 14.8. The predicted molar refractivity (Wildman–Crippen MR) is 309 cm³/mol. The van der Waals surface area contributed by atoms with Crippen molar-refractivity contribution in [2.75, 3.05) is 28.2 Å². The topological polar surface area (TPSA) is 141 Å². The summed E-state index contributed by atoms with van der Waals surface area (Å²) in [5.74, 6) is -1.08. The van der Waals surface area contributed by atoms with E-state index in [1.165, 1.54) is 0 Å². The summed E-state index contributed by atoms with van der Waals surface area (Å²) >= 11 is 24.5. The highest BCUT2D eigenvalue weighted by Crippen LogP contribution is 2.26. The number of thiocarbonyl (C=S) groups is 4. The molecule has 1 aliphatic heterocycles. The number of likely N-dealkylation sites (N-methyl/N-ethyl adjacent to an activating group) is 4. The van der Waals surface area contributed by atoms with Crippen LogP contribution >= 0.6 is 48.9 Å². The molecule has 1 aliphatic rings. The quantitative estimate of drug-likeness (QED) is 0.0809. The summed E-state index contributed by atoms with van der Waals surface area (Å²) in [6.45, 7) is 19.5. The number of ether oxygens (including phenoxy) is 5. The van der Waals surface area contributed by atoms with Crippen LogP contribution in [0.15, 0.2) is 77.4 Å². The first-order chi connectivity index (χ1) is 35.3. The summed E-state index contributed by atoms with van der Waals surface area (Å²) in [5, 5.41) is 0.